The Balaban J connectivity index is 2.73. The number of esters is 1. The van der Waals surface area contributed by atoms with Crippen LogP contribution in [-0.2, 0) is 9.53 Å². The molecule has 1 amide bonds. The first-order valence-electron chi connectivity index (χ1n) is 5.58. The summed E-state index contributed by atoms with van der Waals surface area (Å²) >= 11 is 0. The summed E-state index contributed by atoms with van der Waals surface area (Å²) in [6.45, 7) is 3.76. The van der Waals surface area contributed by atoms with Gasteiger partial charge in [-0.1, -0.05) is 0 Å². The Morgan fingerprint density at radius 3 is 2.33 bits per heavy atom. The largest absolute Gasteiger partial charge is 0.449 e. The molecule has 0 aliphatic heterocycles. The highest BCUT2D eigenvalue weighted by Gasteiger charge is 2.18. The Bertz CT molecular complexity index is 440. The molecule has 98 valence electrons. The molecule has 6 nitrogen and oxygen atoms in total. The van der Waals surface area contributed by atoms with E-state index in [0.29, 0.717) is 17.9 Å². The first-order valence-corrected chi connectivity index (χ1v) is 5.58. The number of nitrogens with one attached hydrogen (secondary N) is 1. The van der Waals surface area contributed by atoms with Crippen molar-refractivity contribution in [3.05, 3.63) is 23.8 Å². The van der Waals surface area contributed by atoms with Gasteiger partial charge in [0, 0.05) is 17.9 Å². The predicted molar refractivity (Wildman–Crippen MR) is 68.8 cm³/mol. The molecular weight excluding hydrogens is 234 g/mol. The van der Waals surface area contributed by atoms with Crippen LogP contribution >= 0.6 is 0 Å². The monoisotopic (exact) mass is 251 g/mol. The van der Waals surface area contributed by atoms with Crippen LogP contribution < -0.4 is 16.8 Å². The fourth-order valence-corrected chi connectivity index (χ4v) is 1.39. The SMILES string of the molecule is CCNC(=O)C(C)OC(=O)c1cc(N)cc(N)c1. The normalized spacial score (nSPS) is 11.7. The van der Waals surface area contributed by atoms with E-state index in [-0.39, 0.29) is 11.5 Å². The molecule has 0 bridgehead atoms. The summed E-state index contributed by atoms with van der Waals surface area (Å²) in [7, 11) is 0. The van der Waals surface area contributed by atoms with Gasteiger partial charge in [0.25, 0.3) is 5.91 Å². The number of likely N-dealkylation sites (N-methyl/N-ethyl adjacent to an activating group) is 1. The third-order valence-corrected chi connectivity index (χ3v) is 2.22. The van der Waals surface area contributed by atoms with Crippen molar-refractivity contribution in [2.24, 2.45) is 0 Å². The molecule has 0 saturated carbocycles. The molecule has 1 rings (SSSR count). The third-order valence-electron chi connectivity index (χ3n) is 2.22. The van der Waals surface area contributed by atoms with Gasteiger partial charge in [0.1, 0.15) is 0 Å². The van der Waals surface area contributed by atoms with Gasteiger partial charge in [0.05, 0.1) is 5.56 Å². The summed E-state index contributed by atoms with van der Waals surface area (Å²) in [5, 5.41) is 2.56. The van der Waals surface area contributed by atoms with Crippen molar-refractivity contribution in [1.29, 1.82) is 0 Å². The predicted octanol–water partition coefficient (Wildman–Crippen LogP) is 0.532. The van der Waals surface area contributed by atoms with Gasteiger partial charge in [0.2, 0.25) is 0 Å². The van der Waals surface area contributed by atoms with E-state index in [4.69, 9.17) is 16.2 Å². The second-order valence-corrected chi connectivity index (χ2v) is 3.83. The maximum atomic E-state index is 11.8. The summed E-state index contributed by atoms with van der Waals surface area (Å²) < 4.78 is 5.00. The number of rotatable bonds is 4. The number of hydrogen-bond donors (Lipinski definition) is 3. The van der Waals surface area contributed by atoms with E-state index in [9.17, 15) is 9.59 Å². The molecule has 1 aromatic rings. The van der Waals surface area contributed by atoms with Crippen LogP contribution in [0.4, 0.5) is 11.4 Å². The van der Waals surface area contributed by atoms with Gasteiger partial charge in [-0.15, -0.1) is 0 Å². The highest BCUT2D eigenvalue weighted by molar-refractivity contribution is 5.94. The zero-order valence-electron chi connectivity index (χ0n) is 10.4. The lowest BCUT2D eigenvalue weighted by molar-refractivity contribution is -0.128. The van der Waals surface area contributed by atoms with E-state index in [0.717, 1.165) is 0 Å². The first kappa shape index (κ1) is 13.8. The number of anilines is 2. The van der Waals surface area contributed by atoms with Crippen molar-refractivity contribution in [2.45, 2.75) is 20.0 Å². The van der Waals surface area contributed by atoms with Crippen molar-refractivity contribution in [3.8, 4) is 0 Å². The smallest absolute Gasteiger partial charge is 0.339 e. The summed E-state index contributed by atoms with van der Waals surface area (Å²) in [6.07, 6.45) is -0.861. The summed E-state index contributed by atoms with van der Waals surface area (Å²) in [4.78, 5) is 23.2. The summed E-state index contributed by atoms with van der Waals surface area (Å²) in [5.41, 5.74) is 12.1. The Morgan fingerprint density at radius 2 is 1.83 bits per heavy atom. The van der Waals surface area contributed by atoms with Crippen LogP contribution in [0.25, 0.3) is 0 Å². The molecule has 0 saturated heterocycles. The molecule has 1 unspecified atom stereocenters. The number of carbonyl (C=O) groups excluding carboxylic acids is 2. The van der Waals surface area contributed by atoms with Crippen LogP contribution in [0, 0.1) is 0 Å². The Labute approximate surface area is 105 Å². The molecule has 1 aromatic carbocycles. The van der Waals surface area contributed by atoms with Gasteiger partial charge >= 0.3 is 5.97 Å². The molecule has 0 aromatic heterocycles. The van der Waals surface area contributed by atoms with Gasteiger partial charge < -0.3 is 21.5 Å². The molecule has 0 aliphatic rings. The quantitative estimate of drug-likeness (QED) is 0.534. The molecule has 0 fully saturated rings. The molecule has 0 radical (unpaired) electrons. The number of amides is 1. The molecule has 1 atom stereocenters. The molecule has 6 heteroatoms. The lowest BCUT2D eigenvalue weighted by Crippen LogP contribution is -2.35. The van der Waals surface area contributed by atoms with Crippen molar-refractivity contribution in [3.63, 3.8) is 0 Å². The van der Waals surface area contributed by atoms with Gasteiger partial charge in [-0.3, -0.25) is 4.79 Å². The van der Waals surface area contributed by atoms with Crippen LogP contribution in [-0.4, -0.2) is 24.5 Å². The summed E-state index contributed by atoms with van der Waals surface area (Å²) in [6, 6.07) is 4.43. The first-order chi connectivity index (χ1) is 8.43. The van der Waals surface area contributed by atoms with Crippen LogP contribution in [0.3, 0.4) is 0 Å². The van der Waals surface area contributed by atoms with E-state index in [1.54, 1.807) is 6.92 Å². The zero-order valence-corrected chi connectivity index (χ0v) is 10.4. The van der Waals surface area contributed by atoms with E-state index in [1.165, 1.54) is 25.1 Å². The third kappa shape index (κ3) is 3.65. The van der Waals surface area contributed by atoms with Gasteiger partial charge in [-0.25, -0.2) is 4.79 Å². The molecule has 0 heterocycles. The van der Waals surface area contributed by atoms with Crippen LogP contribution in [0.1, 0.15) is 24.2 Å². The van der Waals surface area contributed by atoms with Crippen LogP contribution in [0.5, 0.6) is 0 Å². The van der Waals surface area contributed by atoms with Gasteiger partial charge in [-0.05, 0) is 32.0 Å². The minimum atomic E-state index is -0.861. The lowest BCUT2D eigenvalue weighted by Gasteiger charge is -2.13. The van der Waals surface area contributed by atoms with Crippen LogP contribution in [0.15, 0.2) is 18.2 Å². The number of carbonyl (C=O) groups is 2. The van der Waals surface area contributed by atoms with E-state index in [2.05, 4.69) is 5.32 Å². The standard InChI is InChI=1S/C12H17N3O3/c1-3-15-11(16)7(2)18-12(17)8-4-9(13)6-10(14)5-8/h4-7H,3,13-14H2,1-2H3,(H,15,16). The average molecular weight is 251 g/mol. The maximum Gasteiger partial charge on any atom is 0.339 e. The number of hydrogen-bond acceptors (Lipinski definition) is 5. The minimum absolute atomic E-state index is 0.226. The van der Waals surface area contributed by atoms with E-state index < -0.39 is 12.1 Å². The van der Waals surface area contributed by atoms with Gasteiger partial charge in [-0.2, -0.15) is 0 Å². The fraction of sp³-hybridized carbons (Fsp3) is 0.333. The highest BCUT2D eigenvalue weighted by atomic mass is 16.5. The van der Waals surface area contributed by atoms with Gasteiger partial charge in [0.15, 0.2) is 6.10 Å². The number of nitrogens with two attached hydrogens (primary N) is 2. The number of benzene rings is 1. The molecule has 0 spiro atoms. The van der Waals surface area contributed by atoms with Crippen molar-refractivity contribution >= 4 is 23.3 Å². The van der Waals surface area contributed by atoms with Crippen LogP contribution in [0.2, 0.25) is 0 Å². The Kier molecular flexibility index (Phi) is 4.53. The molecule has 5 N–H and O–H groups in total. The highest BCUT2D eigenvalue weighted by Crippen LogP contribution is 2.15. The Hall–Kier alpha value is -2.24. The zero-order chi connectivity index (χ0) is 13.7. The van der Waals surface area contributed by atoms with Crippen molar-refractivity contribution in [2.75, 3.05) is 18.0 Å². The second-order valence-electron chi connectivity index (χ2n) is 3.83. The maximum absolute atomic E-state index is 11.8. The summed E-state index contributed by atoms with van der Waals surface area (Å²) in [5.74, 6) is -0.976. The molecular formula is C12H17N3O3. The van der Waals surface area contributed by atoms with E-state index >= 15 is 0 Å². The minimum Gasteiger partial charge on any atom is -0.449 e. The molecule has 18 heavy (non-hydrogen) atoms. The van der Waals surface area contributed by atoms with Crippen molar-refractivity contribution < 1.29 is 14.3 Å². The molecule has 0 aliphatic carbocycles. The van der Waals surface area contributed by atoms with Crippen molar-refractivity contribution in [1.82, 2.24) is 5.32 Å². The average Bonchev–Trinajstić information content (AvgIpc) is 2.27. The second kappa shape index (κ2) is 5.90. The topological polar surface area (TPSA) is 107 Å². The number of ether oxygens (including phenoxy) is 1. The Morgan fingerprint density at radius 1 is 1.28 bits per heavy atom. The van der Waals surface area contributed by atoms with E-state index in [1.807, 2.05) is 0 Å². The fourth-order valence-electron chi connectivity index (χ4n) is 1.39. The number of nitrogen functional groups attached to an aromatic ring is 2. The lowest BCUT2D eigenvalue weighted by atomic mass is 10.2.